The molecule has 0 spiro atoms. The molecule has 0 aliphatic carbocycles. The number of likely N-dealkylation sites (N-methyl/N-ethyl adjacent to an activating group) is 1. The summed E-state index contributed by atoms with van der Waals surface area (Å²) in [6, 6.07) is 5.60. The van der Waals surface area contributed by atoms with Crippen molar-refractivity contribution in [3.8, 4) is 0 Å². The first-order chi connectivity index (χ1) is 9.86. The molecule has 1 aliphatic heterocycles. The van der Waals surface area contributed by atoms with Crippen molar-refractivity contribution < 1.29 is 8.42 Å². The Morgan fingerprint density at radius 1 is 1.32 bits per heavy atom. The van der Waals surface area contributed by atoms with E-state index in [0.29, 0.717) is 18.0 Å². The Kier molecular flexibility index (Phi) is 6.67. The molecule has 0 amide bonds. The van der Waals surface area contributed by atoms with E-state index in [-0.39, 0.29) is 18.4 Å². The van der Waals surface area contributed by atoms with Crippen LogP contribution in [0.5, 0.6) is 0 Å². The van der Waals surface area contributed by atoms with E-state index in [1.165, 1.54) is 0 Å². The van der Waals surface area contributed by atoms with Crippen molar-refractivity contribution in [1.29, 1.82) is 0 Å². The smallest absolute Gasteiger partial charge is 0.243 e. The first-order valence-corrected chi connectivity index (χ1v) is 8.75. The molecule has 1 aromatic carbocycles. The van der Waals surface area contributed by atoms with Gasteiger partial charge in [-0.25, -0.2) is 8.42 Å². The molecular formula is C15H26ClN3O2S. The lowest BCUT2D eigenvalue weighted by Gasteiger charge is -2.32. The van der Waals surface area contributed by atoms with Gasteiger partial charge in [-0.3, -0.25) is 0 Å². The van der Waals surface area contributed by atoms with Gasteiger partial charge in [-0.1, -0.05) is 6.07 Å². The molecule has 0 aromatic heterocycles. The first kappa shape index (κ1) is 19.2. The van der Waals surface area contributed by atoms with Crippen molar-refractivity contribution in [2.45, 2.75) is 30.7 Å². The molecule has 1 aliphatic rings. The van der Waals surface area contributed by atoms with Crippen LogP contribution >= 0.6 is 12.4 Å². The second-order valence-electron chi connectivity index (χ2n) is 5.83. The summed E-state index contributed by atoms with van der Waals surface area (Å²) in [4.78, 5) is 2.33. The van der Waals surface area contributed by atoms with Crippen molar-refractivity contribution in [3.63, 3.8) is 0 Å². The fraction of sp³-hybridized carbons (Fsp3) is 0.600. The molecule has 0 saturated carbocycles. The molecule has 7 heteroatoms. The number of sulfonamides is 1. The minimum Gasteiger partial charge on any atom is -0.377 e. The maximum absolute atomic E-state index is 12.8. The van der Waals surface area contributed by atoms with Crippen LogP contribution in [0.15, 0.2) is 23.1 Å². The van der Waals surface area contributed by atoms with Crippen LogP contribution in [0.25, 0.3) is 0 Å². The quantitative estimate of drug-likeness (QED) is 0.903. The molecule has 1 saturated heterocycles. The van der Waals surface area contributed by atoms with Gasteiger partial charge in [0.25, 0.3) is 0 Å². The zero-order chi connectivity index (χ0) is 15.6. The zero-order valence-corrected chi connectivity index (χ0v) is 15.3. The van der Waals surface area contributed by atoms with Crippen LogP contribution in [0.1, 0.15) is 18.4 Å². The van der Waals surface area contributed by atoms with E-state index in [4.69, 9.17) is 0 Å². The molecule has 1 atom stereocenters. The number of benzene rings is 1. The van der Waals surface area contributed by atoms with Crippen LogP contribution in [0.4, 0.5) is 5.69 Å². The van der Waals surface area contributed by atoms with Crippen LogP contribution in [0, 0.1) is 6.92 Å². The molecule has 1 N–H and O–H groups in total. The highest BCUT2D eigenvalue weighted by atomic mass is 35.5. The van der Waals surface area contributed by atoms with Crippen LogP contribution in [-0.2, 0) is 10.0 Å². The summed E-state index contributed by atoms with van der Waals surface area (Å²) in [5, 5.41) is 3.18. The Hall–Kier alpha value is -0.820. The summed E-state index contributed by atoms with van der Waals surface area (Å²) in [6.45, 7) is 3.14. The molecule has 1 unspecified atom stereocenters. The highest BCUT2D eigenvalue weighted by Gasteiger charge is 2.30. The third kappa shape index (κ3) is 3.93. The summed E-state index contributed by atoms with van der Waals surface area (Å²) in [6.07, 6.45) is 1.93. The molecule has 1 aromatic rings. The zero-order valence-electron chi connectivity index (χ0n) is 13.7. The Balaban J connectivity index is 0.00000242. The van der Waals surface area contributed by atoms with Gasteiger partial charge in [-0.15, -0.1) is 12.4 Å². The minimum atomic E-state index is -3.41. The summed E-state index contributed by atoms with van der Waals surface area (Å²) in [5.74, 6) is 0. The first-order valence-electron chi connectivity index (χ1n) is 7.31. The van der Waals surface area contributed by atoms with Crippen LogP contribution < -0.4 is 10.2 Å². The highest BCUT2D eigenvalue weighted by molar-refractivity contribution is 7.89. The van der Waals surface area contributed by atoms with Crippen LogP contribution in [-0.4, -0.2) is 53.0 Å². The number of nitrogens with zero attached hydrogens (tertiary/aromatic N) is 2. The second kappa shape index (κ2) is 7.64. The number of hydrogen-bond donors (Lipinski definition) is 1. The Morgan fingerprint density at radius 3 is 2.59 bits per heavy atom. The fourth-order valence-corrected chi connectivity index (χ4v) is 4.32. The Labute approximate surface area is 140 Å². The number of nitrogens with one attached hydrogen (secondary N) is 1. The van der Waals surface area contributed by atoms with Crippen LogP contribution in [0.2, 0.25) is 0 Å². The predicted octanol–water partition coefficient (Wildman–Crippen LogP) is 1.86. The van der Waals surface area contributed by atoms with Crippen molar-refractivity contribution in [3.05, 3.63) is 23.8 Å². The average molecular weight is 348 g/mol. The lowest BCUT2D eigenvalue weighted by atomic mass is 10.1. The molecule has 0 bridgehead atoms. The maximum atomic E-state index is 12.8. The molecule has 1 heterocycles. The molecule has 1 fully saturated rings. The van der Waals surface area contributed by atoms with E-state index in [9.17, 15) is 8.42 Å². The topological polar surface area (TPSA) is 52.7 Å². The molecular weight excluding hydrogens is 322 g/mol. The van der Waals surface area contributed by atoms with Gasteiger partial charge < -0.3 is 10.2 Å². The SMILES string of the molecule is CNC1CCCN(S(=O)(=O)c2ccc(C)c(N(C)C)c2)C1.Cl. The molecule has 126 valence electrons. The number of piperidine rings is 1. The number of rotatable bonds is 4. The second-order valence-corrected chi connectivity index (χ2v) is 7.77. The minimum absolute atomic E-state index is 0. The molecule has 0 radical (unpaired) electrons. The van der Waals surface area contributed by atoms with Crippen LogP contribution in [0.3, 0.4) is 0 Å². The van der Waals surface area contributed by atoms with E-state index in [2.05, 4.69) is 5.32 Å². The third-order valence-corrected chi connectivity index (χ3v) is 5.95. The van der Waals surface area contributed by atoms with Gasteiger partial charge in [0.15, 0.2) is 0 Å². The van der Waals surface area contributed by atoms with E-state index >= 15 is 0 Å². The fourth-order valence-electron chi connectivity index (χ4n) is 2.78. The monoisotopic (exact) mass is 347 g/mol. The van der Waals surface area contributed by atoms with Crippen molar-refractivity contribution in [2.24, 2.45) is 0 Å². The molecule has 5 nitrogen and oxygen atoms in total. The third-order valence-electron chi connectivity index (χ3n) is 4.09. The number of anilines is 1. The number of hydrogen-bond acceptors (Lipinski definition) is 4. The summed E-state index contributed by atoms with van der Waals surface area (Å²) in [7, 11) is 2.33. The number of aryl methyl sites for hydroxylation is 1. The summed E-state index contributed by atoms with van der Waals surface area (Å²) in [5.41, 5.74) is 2.02. The Morgan fingerprint density at radius 2 is 2.00 bits per heavy atom. The normalized spacial score (nSPS) is 19.5. The van der Waals surface area contributed by atoms with E-state index < -0.39 is 10.0 Å². The highest BCUT2D eigenvalue weighted by Crippen LogP contribution is 2.26. The lowest BCUT2D eigenvalue weighted by Crippen LogP contribution is -2.46. The maximum Gasteiger partial charge on any atom is 0.243 e. The molecule has 22 heavy (non-hydrogen) atoms. The molecule has 2 rings (SSSR count). The Bertz CT molecular complexity index is 605. The van der Waals surface area contributed by atoms with Crippen molar-refractivity contribution in [1.82, 2.24) is 9.62 Å². The van der Waals surface area contributed by atoms with Gasteiger partial charge in [-0.2, -0.15) is 4.31 Å². The number of halogens is 1. The van der Waals surface area contributed by atoms with Crippen molar-refractivity contribution >= 4 is 28.1 Å². The van der Waals surface area contributed by atoms with E-state index in [1.54, 1.807) is 16.4 Å². The van der Waals surface area contributed by atoms with Gasteiger partial charge in [-0.05, 0) is 44.5 Å². The van der Waals surface area contributed by atoms with Gasteiger partial charge >= 0.3 is 0 Å². The van der Waals surface area contributed by atoms with Crippen molar-refractivity contribution in [2.75, 3.05) is 39.1 Å². The average Bonchev–Trinajstić information content (AvgIpc) is 2.47. The summed E-state index contributed by atoms with van der Waals surface area (Å²) < 4.78 is 27.2. The van der Waals surface area contributed by atoms with Gasteiger partial charge in [0.1, 0.15) is 0 Å². The largest absolute Gasteiger partial charge is 0.377 e. The lowest BCUT2D eigenvalue weighted by molar-refractivity contribution is 0.293. The van der Waals surface area contributed by atoms with E-state index in [0.717, 1.165) is 24.1 Å². The summed E-state index contributed by atoms with van der Waals surface area (Å²) >= 11 is 0. The van der Waals surface area contributed by atoms with E-state index in [1.807, 2.05) is 39.0 Å². The van der Waals surface area contributed by atoms with Gasteiger partial charge in [0, 0.05) is 38.9 Å². The standard InChI is InChI=1S/C15H25N3O2S.ClH/c1-12-7-8-14(10-15(12)17(3)4)21(19,20)18-9-5-6-13(11-18)16-2;/h7-8,10,13,16H,5-6,9,11H2,1-4H3;1H. The van der Waals surface area contributed by atoms with Gasteiger partial charge in [0.2, 0.25) is 10.0 Å². The van der Waals surface area contributed by atoms with Gasteiger partial charge in [0.05, 0.1) is 4.90 Å². The predicted molar refractivity (Wildman–Crippen MR) is 93.6 cm³/mol.